The van der Waals surface area contributed by atoms with Gasteiger partial charge in [-0.1, -0.05) is 12.1 Å². The van der Waals surface area contributed by atoms with E-state index in [4.69, 9.17) is 9.47 Å². The molecule has 2 aromatic carbocycles. The lowest BCUT2D eigenvalue weighted by Crippen LogP contribution is -2.45. The van der Waals surface area contributed by atoms with Crippen LogP contribution in [0.4, 0.5) is 5.69 Å². The van der Waals surface area contributed by atoms with Gasteiger partial charge in [-0.3, -0.25) is 9.59 Å². The summed E-state index contributed by atoms with van der Waals surface area (Å²) in [5.74, 6) is 0.823. The first-order valence-electron chi connectivity index (χ1n) is 9.32. The predicted molar refractivity (Wildman–Crippen MR) is 110 cm³/mol. The van der Waals surface area contributed by atoms with E-state index in [9.17, 15) is 9.59 Å². The van der Waals surface area contributed by atoms with Gasteiger partial charge in [0.25, 0.3) is 0 Å². The summed E-state index contributed by atoms with van der Waals surface area (Å²) in [5, 5.41) is 5.62. The van der Waals surface area contributed by atoms with Crippen molar-refractivity contribution in [1.82, 2.24) is 5.32 Å². The van der Waals surface area contributed by atoms with Crippen molar-refractivity contribution < 1.29 is 19.1 Å². The summed E-state index contributed by atoms with van der Waals surface area (Å²) in [7, 11) is 1.62. The first-order chi connectivity index (χ1) is 13.4. The zero-order chi connectivity index (χ0) is 20.6. The van der Waals surface area contributed by atoms with E-state index < -0.39 is 5.41 Å². The number of methoxy groups -OCH3 is 1. The summed E-state index contributed by atoms with van der Waals surface area (Å²) in [4.78, 5) is 25.1. The average Bonchev–Trinajstić information content (AvgIpc) is 2.69. The van der Waals surface area contributed by atoms with Gasteiger partial charge >= 0.3 is 0 Å². The Bertz CT molecular complexity index is 800. The summed E-state index contributed by atoms with van der Waals surface area (Å²) < 4.78 is 10.6. The Labute approximate surface area is 166 Å². The maximum atomic E-state index is 12.6. The molecule has 6 nitrogen and oxygen atoms in total. The molecule has 0 aliphatic rings. The Morgan fingerprint density at radius 3 is 2.36 bits per heavy atom. The lowest BCUT2D eigenvalue weighted by molar-refractivity contribution is -0.138. The minimum atomic E-state index is -1.20. The Morgan fingerprint density at radius 1 is 1.00 bits per heavy atom. The van der Waals surface area contributed by atoms with Gasteiger partial charge in [0.05, 0.1) is 13.7 Å². The molecule has 0 saturated carbocycles. The Hall–Kier alpha value is -3.02. The SMILES string of the molecule is CCOc1ccc(NC(=O)C(C)(C)C(=O)NCCc2cccc(OC)c2)cc1. The van der Waals surface area contributed by atoms with E-state index >= 15 is 0 Å². The lowest BCUT2D eigenvalue weighted by atomic mass is 9.91. The number of anilines is 1. The molecule has 0 unspecified atom stereocenters. The number of hydrogen-bond acceptors (Lipinski definition) is 4. The van der Waals surface area contributed by atoms with E-state index in [2.05, 4.69) is 10.6 Å². The number of carbonyl (C=O) groups excluding carboxylic acids is 2. The summed E-state index contributed by atoms with van der Waals surface area (Å²) in [6, 6.07) is 14.7. The van der Waals surface area contributed by atoms with Crippen molar-refractivity contribution in [2.24, 2.45) is 5.41 Å². The van der Waals surface area contributed by atoms with Crippen LogP contribution >= 0.6 is 0 Å². The second kappa shape index (κ2) is 9.78. The molecule has 2 amide bonds. The van der Waals surface area contributed by atoms with Crippen molar-refractivity contribution in [3.05, 3.63) is 54.1 Å². The largest absolute Gasteiger partial charge is 0.497 e. The van der Waals surface area contributed by atoms with Crippen molar-refractivity contribution in [2.45, 2.75) is 27.2 Å². The van der Waals surface area contributed by atoms with Gasteiger partial charge in [0.1, 0.15) is 16.9 Å². The Kier molecular flexibility index (Phi) is 7.44. The second-order valence-corrected chi connectivity index (χ2v) is 6.89. The number of nitrogens with one attached hydrogen (secondary N) is 2. The molecule has 0 aromatic heterocycles. The highest BCUT2D eigenvalue weighted by Crippen LogP contribution is 2.21. The Balaban J connectivity index is 1.88. The van der Waals surface area contributed by atoms with Crippen LogP contribution in [0.3, 0.4) is 0 Å². The highest BCUT2D eigenvalue weighted by molar-refractivity contribution is 6.09. The van der Waals surface area contributed by atoms with Crippen molar-refractivity contribution in [3.63, 3.8) is 0 Å². The van der Waals surface area contributed by atoms with Crippen molar-refractivity contribution in [1.29, 1.82) is 0 Å². The van der Waals surface area contributed by atoms with Crippen LogP contribution in [0, 0.1) is 5.41 Å². The predicted octanol–water partition coefficient (Wildman–Crippen LogP) is 3.42. The molecule has 2 N–H and O–H groups in total. The fraction of sp³-hybridized carbons (Fsp3) is 0.364. The van der Waals surface area contributed by atoms with Crippen LogP contribution < -0.4 is 20.1 Å². The van der Waals surface area contributed by atoms with Crippen molar-refractivity contribution in [2.75, 3.05) is 25.6 Å². The van der Waals surface area contributed by atoms with Crippen LogP contribution in [0.5, 0.6) is 11.5 Å². The third kappa shape index (κ3) is 5.74. The second-order valence-electron chi connectivity index (χ2n) is 6.89. The summed E-state index contributed by atoms with van der Waals surface area (Å²) in [6.07, 6.45) is 0.652. The fourth-order valence-electron chi connectivity index (χ4n) is 2.56. The summed E-state index contributed by atoms with van der Waals surface area (Å²) >= 11 is 0. The maximum absolute atomic E-state index is 12.6. The van der Waals surface area contributed by atoms with E-state index in [1.54, 1.807) is 45.2 Å². The van der Waals surface area contributed by atoms with E-state index in [1.807, 2.05) is 31.2 Å². The first-order valence-corrected chi connectivity index (χ1v) is 9.32. The van der Waals surface area contributed by atoms with Gasteiger partial charge in [-0.25, -0.2) is 0 Å². The molecule has 150 valence electrons. The molecule has 6 heteroatoms. The van der Waals surface area contributed by atoms with Crippen LogP contribution in [-0.2, 0) is 16.0 Å². The highest BCUT2D eigenvalue weighted by Gasteiger charge is 2.35. The molecule has 0 radical (unpaired) electrons. The van der Waals surface area contributed by atoms with Crippen molar-refractivity contribution >= 4 is 17.5 Å². The topological polar surface area (TPSA) is 76.7 Å². The van der Waals surface area contributed by atoms with E-state index in [0.29, 0.717) is 25.3 Å². The zero-order valence-electron chi connectivity index (χ0n) is 16.9. The Morgan fingerprint density at radius 2 is 1.71 bits per heavy atom. The molecule has 0 spiro atoms. The number of benzene rings is 2. The standard InChI is InChI=1S/C22H28N2O4/c1-5-28-18-11-9-17(10-12-18)24-21(26)22(2,3)20(25)23-14-13-16-7-6-8-19(15-16)27-4/h6-12,15H,5,13-14H2,1-4H3,(H,23,25)(H,24,26). The quantitative estimate of drug-likeness (QED) is 0.650. The van der Waals surface area contributed by atoms with Crippen LogP contribution in [0.2, 0.25) is 0 Å². The zero-order valence-corrected chi connectivity index (χ0v) is 16.9. The van der Waals surface area contributed by atoms with Gasteiger partial charge in [0.15, 0.2) is 0 Å². The fourth-order valence-corrected chi connectivity index (χ4v) is 2.56. The highest BCUT2D eigenvalue weighted by atomic mass is 16.5. The van der Waals surface area contributed by atoms with Gasteiger partial charge in [0, 0.05) is 12.2 Å². The number of amides is 2. The molecule has 0 fully saturated rings. The molecule has 0 heterocycles. The molecular formula is C22H28N2O4. The van der Waals surface area contributed by atoms with E-state index in [0.717, 1.165) is 17.1 Å². The minimum absolute atomic E-state index is 0.321. The summed E-state index contributed by atoms with van der Waals surface area (Å²) in [6.45, 7) is 6.14. The summed E-state index contributed by atoms with van der Waals surface area (Å²) in [5.41, 5.74) is 0.467. The third-order valence-corrected chi connectivity index (χ3v) is 4.39. The van der Waals surface area contributed by atoms with Gasteiger partial charge in [-0.15, -0.1) is 0 Å². The molecule has 2 rings (SSSR count). The molecule has 0 bridgehead atoms. The maximum Gasteiger partial charge on any atom is 0.239 e. The molecule has 0 aliphatic heterocycles. The van der Waals surface area contributed by atoms with Crippen molar-refractivity contribution in [3.8, 4) is 11.5 Å². The first kappa shape index (κ1) is 21.3. The lowest BCUT2D eigenvalue weighted by Gasteiger charge is -2.23. The molecule has 2 aromatic rings. The van der Waals surface area contributed by atoms with Crippen LogP contribution in [-0.4, -0.2) is 32.1 Å². The van der Waals surface area contributed by atoms with Gasteiger partial charge < -0.3 is 20.1 Å². The third-order valence-electron chi connectivity index (χ3n) is 4.39. The van der Waals surface area contributed by atoms with Gasteiger partial charge in [0.2, 0.25) is 11.8 Å². The molecule has 28 heavy (non-hydrogen) atoms. The number of hydrogen-bond donors (Lipinski definition) is 2. The number of rotatable bonds is 9. The van der Waals surface area contributed by atoms with Crippen LogP contribution in [0.25, 0.3) is 0 Å². The van der Waals surface area contributed by atoms with Crippen LogP contribution in [0.15, 0.2) is 48.5 Å². The molecular weight excluding hydrogens is 356 g/mol. The average molecular weight is 384 g/mol. The smallest absolute Gasteiger partial charge is 0.239 e. The molecule has 0 aliphatic carbocycles. The number of carbonyl (C=O) groups is 2. The van der Waals surface area contributed by atoms with Gasteiger partial charge in [-0.2, -0.15) is 0 Å². The van der Waals surface area contributed by atoms with E-state index in [-0.39, 0.29) is 11.8 Å². The van der Waals surface area contributed by atoms with E-state index in [1.165, 1.54) is 0 Å². The minimum Gasteiger partial charge on any atom is -0.497 e. The monoisotopic (exact) mass is 384 g/mol. The number of ether oxygens (including phenoxy) is 2. The molecule has 0 atom stereocenters. The normalized spacial score (nSPS) is 10.9. The van der Waals surface area contributed by atoms with Crippen LogP contribution in [0.1, 0.15) is 26.3 Å². The molecule has 0 saturated heterocycles. The van der Waals surface area contributed by atoms with Gasteiger partial charge in [-0.05, 0) is 69.2 Å².